The molecule has 0 spiro atoms. The van der Waals surface area contributed by atoms with Crippen molar-refractivity contribution in [2.45, 2.75) is 44.0 Å². The summed E-state index contributed by atoms with van der Waals surface area (Å²) in [5.41, 5.74) is -1.40. The van der Waals surface area contributed by atoms with E-state index in [0.29, 0.717) is 33.7 Å². The van der Waals surface area contributed by atoms with Gasteiger partial charge in [0.15, 0.2) is 0 Å². The van der Waals surface area contributed by atoms with Crippen LogP contribution in [0.1, 0.15) is 31.2 Å². The van der Waals surface area contributed by atoms with E-state index in [4.69, 9.17) is 21.1 Å². The van der Waals surface area contributed by atoms with E-state index in [-0.39, 0.29) is 30.5 Å². The smallest absolute Gasteiger partial charge is 0.240 e. The van der Waals surface area contributed by atoms with Crippen LogP contribution >= 0.6 is 11.6 Å². The molecule has 5 atom stereocenters. The molecule has 2 amide bonds. The minimum atomic E-state index is -1.20. The summed E-state index contributed by atoms with van der Waals surface area (Å²) in [5, 5.41) is 22.0. The Balaban J connectivity index is 1.35. The number of nitriles is 1. The number of anilines is 1. The number of nitrogens with zero attached hydrogens (tertiary/aromatic N) is 4. The number of imide groups is 1. The number of rotatable bonds is 5. The van der Waals surface area contributed by atoms with Gasteiger partial charge in [-0.2, -0.15) is 10.2 Å². The molecule has 0 radical (unpaired) electrons. The highest BCUT2D eigenvalue weighted by molar-refractivity contribution is 6.29. The zero-order valence-electron chi connectivity index (χ0n) is 20.1. The number of benzene rings is 2. The van der Waals surface area contributed by atoms with Gasteiger partial charge in [0.2, 0.25) is 17.7 Å². The van der Waals surface area contributed by atoms with Gasteiger partial charge in [0.25, 0.3) is 0 Å². The van der Waals surface area contributed by atoms with E-state index in [1.54, 1.807) is 44.2 Å². The van der Waals surface area contributed by atoms with Crippen LogP contribution in [0.15, 0.2) is 42.5 Å². The Morgan fingerprint density at radius 3 is 2.65 bits per heavy atom. The number of amides is 2. The van der Waals surface area contributed by atoms with Crippen LogP contribution in [0.4, 0.5) is 5.69 Å². The van der Waals surface area contributed by atoms with Crippen LogP contribution in [0.2, 0.25) is 5.15 Å². The van der Waals surface area contributed by atoms with Gasteiger partial charge in [-0.25, -0.2) is 9.88 Å². The number of hydrogen-bond donors (Lipinski definition) is 1. The summed E-state index contributed by atoms with van der Waals surface area (Å²) in [6, 6.07) is 14.1. The van der Waals surface area contributed by atoms with Crippen molar-refractivity contribution >= 4 is 39.9 Å². The van der Waals surface area contributed by atoms with Gasteiger partial charge in [0.1, 0.15) is 16.6 Å². The minimum absolute atomic E-state index is 0.139. The number of ether oxygens (including phenoxy) is 2. The van der Waals surface area contributed by atoms with Crippen molar-refractivity contribution in [2.24, 2.45) is 11.8 Å². The monoisotopic (exact) mass is 518 g/mol. The second-order valence-corrected chi connectivity index (χ2v) is 10.4. The molecule has 10 heteroatoms. The number of aromatic nitrogens is 2. The summed E-state index contributed by atoms with van der Waals surface area (Å²) in [6.45, 7) is 3.54. The summed E-state index contributed by atoms with van der Waals surface area (Å²) in [4.78, 5) is 37.2. The van der Waals surface area contributed by atoms with Crippen LogP contribution in [0.3, 0.4) is 0 Å². The fourth-order valence-electron chi connectivity index (χ4n) is 6.35. The Morgan fingerprint density at radius 2 is 1.92 bits per heavy atom. The maximum Gasteiger partial charge on any atom is 0.240 e. The van der Waals surface area contributed by atoms with Gasteiger partial charge in [-0.15, -0.1) is 0 Å². The van der Waals surface area contributed by atoms with E-state index in [0.717, 1.165) is 0 Å². The van der Waals surface area contributed by atoms with Gasteiger partial charge in [0.05, 0.1) is 47.5 Å². The Morgan fingerprint density at radius 1 is 1.19 bits per heavy atom. The molecule has 6 rings (SSSR count). The molecule has 3 aliphatic heterocycles. The van der Waals surface area contributed by atoms with E-state index < -0.39 is 35.0 Å². The summed E-state index contributed by atoms with van der Waals surface area (Å²) < 4.78 is 12.2. The van der Waals surface area contributed by atoms with Gasteiger partial charge in [0, 0.05) is 29.7 Å². The third-order valence-corrected chi connectivity index (χ3v) is 8.13. The number of carbonyl (C=O) groups excluding carboxylic acids is 2. The molecule has 1 aromatic heterocycles. The normalized spacial score (nSPS) is 30.1. The van der Waals surface area contributed by atoms with Crippen LogP contribution in [0.25, 0.3) is 10.8 Å². The highest BCUT2D eigenvalue weighted by atomic mass is 35.5. The van der Waals surface area contributed by atoms with Crippen molar-refractivity contribution in [3.05, 3.63) is 59.0 Å². The molecule has 2 aromatic carbocycles. The topological polar surface area (TPSA) is 126 Å². The fourth-order valence-corrected chi connectivity index (χ4v) is 6.56. The molecule has 37 heavy (non-hydrogen) atoms. The number of aliphatic hydroxyl groups is 1. The summed E-state index contributed by atoms with van der Waals surface area (Å²) in [6.07, 6.45) is -0.444. The Kier molecular flexibility index (Phi) is 5.28. The highest BCUT2D eigenvalue weighted by Crippen LogP contribution is 2.62. The molecular weight excluding hydrogens is 496 g/mol. The van der Waals surface area contributed by atoms with Crippen molar-refractivity contribution in [1.82, 2.24) is 9.97 Å². The third kappa shape index (κ3) is 3.37. The van der Waals surface area contributed by atoms with Gasteiger partial charge in [-0.3, -0.25) is 9.59 Å². The molecule has 0 aliphatic carbocycles. The number of aliphatic hydroxyl groups excluding tert-OH is 1. The minimum Gasteiger partial charge on any atom is -0.477 e. The molecule has 0 saturated carbocycles. The van der Waals surface area contributed by atoms with Gasteiger partial charge in [-0.1, -0.05) is 35.9 Å². The van der Waals surface area contributed by atoms with Gasteiger partial charge in [-0.05, 0) is 26.0 Å². The lowest BCUT2D eigenvalue weighted by Crippen LogP contribution is -2.49. The number of carbonyl (C=O) groups is 2. The number of aryl methyl sites for hydroxylation is 1. The Bertz CT molecular complexity index is 1500. The predicted octanol–water partition coefficient (Wildman–Crippen LogP) is 3.33. The highest BCUT2D eigenvalue weighted by Gasteiger charge is 2.77. The largest absolute Gasteiger partial charge is 0.477 e. The average Bonchev–Trinajstić information content (AvgIpc) is 3.39. The fraction of sp³-hybridized carbons (Fsp3) is 0.370. The number of fused-ring (bicyclic) bond motifs is 6. The average molecular weight is 519 g/mol. The maximum atomic E-state index is 14.0. The zero-order chi connectivity index (χ0) is 26.1. The van der Waals surface area contributed by atoms with Crippen LogP contribution in [-0.4, -0.2) is 50.8 Å². The standard InChI is InChI=1S/C27H23ClN4O5/c1-14-30-20(28)11-21(31-14)36-10-9-27-12-19(33)26(2,37-27)22-23(27)25(35)32(24(22)34)18-8-7-15(13-29)16-5-3-4-6-17(16)18/h3-8,11,19,22-23,33H,9-10,12H2,1-2H3/t19-,22+,23+,26-,27+/m0/s1. The van der Waals surface area contributed by atoms with Crippen molar-refractivity contribution in [3.8, 4) is 11.9 Å². The van der Waals surface area contributed by atoms with E-state index >= 15 is 0 Å². The van der Waals surface area contributed by atoms with E-state index in [1.165, 1.54) is 11.0 Å². The first kappa shape index (κ1) is 23.8. The van der Waals surface area contributed by atoms with Gasteiger partial charge < -0.3 is 14.6 Å². The molecule has 3 aromatic rings. The van der Waals surface area contributed by atoms with Crippen LogP contribution < -0.4 is 9.64 Å². The van der Waals surface area contributed by atoms with Crippen LogP contribution in [0.5, 0.6) is 5.88 Å². The molecule has 188 valence electrons. The Labute approximate surface area is 217 Å². The molecule has 3 fully saturated rings. The van der Waals surface area contributed by atoms with E-state index in [1.807, 2.05) is 6.07 Å². The van der Waals surface area contributed by atoms with E-state index in [9.17, 15) is 20.0 Å². The van der Waals surface area contributed by atoms with Crippen LogP contribution in [0, 0.1) is 30.1 Å². The predicted molar refractivity (Wildman–Crippen MR) is 133 cm³/mol. The van der Waals surface area contributed by atoms with Crippen LogP contribution in [-0.2, 0) is 14.3 Å². The molecule has 1 N–H and O–H groups in total. The first-order valence-corrected chi connectivity index (χ1v) is 12.4. The van der Waals surface area contributed by atoms with Gasteiger partial charge >= 0.3 is 0 Å². The van der Waals surface area contributed by atoms with Crippen molar-refractivity contribution in [1.29, 1.82) is 5.26 Å². The molecule has 4 heterocycles. The molecule has 3 aliphatic rings. The molecular formula is C27H23ClN4O5. The second kappa shape index (κ2) is 8.21. The summed E-state index contributed by atoms with van der Waals surface area (Å²) >= 11 is 6.00. The lowest BCUT2D eigenvalue weighted by atomic mass is 9.66. The Hall–Kier alpha value is -3.58. The summed E-state index contributed by atoms with van der Waals surface area (Å²) in [7, 11) is 0. The SMILES string of the molecule is Cc1nc(Cl)cc(OCC[C@]23C[C@H](O)[C@](C)(O2)[C@H]2C(=O)N(c4ccc(C#N)c5ccccc45)C(=O)[C@@H]23)n1. The number of halogens is 1. The second-order valence-electron chi connectivity index (χ2n) is 10.0. The first-order valence-electron chi connectivity index (χ1n) is 12.0. The van der Waals surface area contributed by atoms with Crippen molar-refractivity contribution < 1.29 is 24.2 Å². The lowest BCUT2D eigenvalue weighted by Gasteiger charge is -2.33. The first-order chi connectivity index (χ1) is 17.7. The quantitative estimate of drug-likeness (QED) is 0.402. The van der Waals surface area contributed by atoms with E-state index in [2.05, 4.69) is 16.0 Å². The summed E-state index contributed by atoms with van der Waals surface area (Å²) in [5.74, 6) is -1.64. The molecule has 2 bridgehead atoms. The molecule has 0 unspecified atom stereocenters. The number of hydrogen-bond acceptors (Lipinski definition) is 8. The van der Waals surface area contributed by atoms with Crippen molar-refractivity contribution in [2.75, 3.05) is 11.5 Å². The molecule has 9 nitrogen and oxygen atoms in total. The van der Waals surface area contributed by atoms with Crippen molar-refractivity contribution in [3.63, 3.8) is 0 Å². The third-order valence-electron chi connectivity index (χ3n) is 7.94. The lowest BCUT2D eigenvalue weighted by molar-refractivity contribution is -0.134. The maximum absolute atomic E-state index is 14.0. The molecule has 3 saturated heterocycles. The zero-order valence-corrected chi connectivity index (χ0v) is 20.9.